The standard InChI is InChI=1S/C13H17N3O3/c1-9(2)15-12(17)13(18)16-14-8-10-4-6-11(19-3)7-5-10/h4-9H,1-3H3,(H,15,17)(H,16,18)/b14-8+. The third-order valence-corrected chi connectivity index (χ3v) is 2.12. The fourth-order valence-corrected chi connectivity index (χ4v) is 1.23. The number of hydrogen-bond acceptors (Lipinski definition) is 4. The minimum Gasteiger partial charge on any atom is -0.497 e. The Balaban J connectivity index is 2.48. The molecule has 0 unspecified atom stereocenters. The van der Waals surface area contributed by atoms with Gasteiger partial charge in [-0.3, -0.25) is 9.59 Å². The van der Waals surface area contributed by atoms with E-state index in [0.29, 0.717) is 0 Å². The topological polar surface area (TPSA) is 79.8 Å². The molecule has 0 spiro atoms. The summed E-state index contributed by atoms with van der Waals surface area (Å²) in [5.41, 5.74) is 2.93. The molecule has 102 valence electrons. The van der Waals surface area contributed by atoms with Gasteiger partial charge >= 0.3 is 11.8 Å². The lowest BCUT2D eigenvalue weighted by molar-refractivity contribution is -0.139. The number of carbonyl (C=O) groups excluding carboxylic acids is 2. The van der Waals surface area contributed by atoms with Crippen LogP contribution in [0.25, 0.3) is 0 Å². The Morgan fingerprint density at radius 1 is 1.21 bits per heavy atom. The lowest BCUT2D eigenvalue weighted by Crippen LogP contribution is -2.41. The van der Waals surface area contributed by atoms with Crippen molar-refractivity contribution in [1.82, 2.24) is 10.7 Å². The molecule has 0 bridgehead atoms. The van der Waals surface area contributed by atoms with Crippen molar-refractivity contribution in [3.8, 4) is 5.75 Å². The zero-order valence-electron chi connectivity index (χ0n) is 11.1. The molecule has 1 aromatic carbocycles. The van der Waals surface area contributed by atoms with Gasteiger partial charge < -0.3 is 10.1 Å². The monoisotopic (exact) mass is 263 g/mol. The highest BCUT2D eigenvalue weighted by atomic mass is 16.5. The van der Waals surface area contributed by atoms with E-state index in [9.17, 15) is 9.59 Å². The second kappa shape index (κ2) is 7.15. The second-order valence-electron chi connectivity index (χ2n) is 4.10. The van der Waals surface area contributed by atoms with Gasteiger partial charge in [0.1, 0.15) is 5.75 Å². The lowest BCUT2D eigenvalue weighted by atomic mass is 10.2. The molecular formula is C13H17N3O3. The molecule has 0 aliphatic rings. The van der Waals surface area contributed by atoms with Crippen molar-refractivity contribution in [3.05, 3.63) is 29.8 Å². The summed E-state index contributed by atoms with van der Waals surface area (Å²) in [6.07, 6.45) is 1.44. The Labute approximate surface area is 111 Å². The van der Waals surface area contributed by atoms with Gasteiger partial charge in [-0.15, -0.1) is 0 Å². The molecule has 0 aliphatic carbocycles. The van der Waals surface area contributed by atoms with E-state index in [2.05, 4.69) is 15.8 Å². The maximum absolute atomic E-state index is 11.3. The van der Waals surface area contributed by atoms with Crippen LogP contribution in [0.5, 0.6) is 5.75 Å². The molecule has 1 rings (SSSR count). The number of ether oxygens (including phenoxy) is 1. The summed E-state index contributed by atoms with van der Waals surface area (Å²) in [6.45, 7) is 3.54. The van der Waals surface area contributed by atoms with E-state index >= 15 is 0 Å². The van der Waals surface area contributed by atoms with Crippen LogP contribution in [0.2, 0.25) is 0 Å². The first kappa shape index (κ1) is 14.7. The predicted molar refractivity (Wildman–Crippen MR) is 72.0 cm³/mol. The van der Waals surface area contributed by atoms with E-state index < -0.39 is 11.8 Å². The number of hydrazone groups is 1. The number of nitrogens with one attached hydrogen (secondary N) is 2. The van der Waals surface area contributed by atoms with Crippen molar-refractivity contribution in [2.24, 2.45) is 5.10 Å². The average Bonchev–Trinajstić information content (AvgIpc) is 2.38. The first-order chi connectivity index (χ1) is 9.02. The maximum Gasteiger partial charge on any atom is 0.329 e. The van der Waals surface area contributed by atoms with E-state index in [1.165, 1.54) is 6.21 Å². The summed E-state index contributed by atoms with van der Waals surface area (Å²) in [5, 5.41) is 6.16. The van der Waals surface area contributed by atoms with E-state index in [1.807, 2.05) is 0 Å². The Morgan fingerprint density at radius 3 is 2.37 bits per heavy atom. The Hall–Kier alpha value is -2.37. The van der Waals surface area contributed by atoms with Gasteiger partial charge in [-0.05, 0) is 43.7 Å². The van der Waals surface area contributed by atoms with E-state index in [-0.39, 0.29) is 6.04 Å². The van der Waals surface area contributed by atoms with Crippen LogP contribution in [0.1, 0.15) is 19.4 Å². The molecule has 2 amide bonds. The molecule has 1 aromatic rings. The fraction of sp³-hybridized carbons (Fsp3) is 0.308. The first-order valence-electron chi connectivity index (χ1n) is 5.81. The SMILES string of the molecule is COc1ccc(/C=N/NC(=O)C(=O)NC(C)C)cc1. The molecule has 0 aromatic heterocycles. The number of carbonyl (C=O) groups is 2. The van der Waals surface area contributed by atoms with Gasteiger partial charge in [-0.25, -0.2) is 5.43 Å². The number of rotatable bonds is 4. The Morgan fingerprint density at radius 2 is 1.84 bits per heavy atom. The van der Waals surface area contributed by atoms with Crippen molar-refractivity contribution in [2.75, 3.05) is 7.11 Å². The summed E-state index contributed by atoms with van der Waals surface area (Å²) in [4.78, 5) is 22.6. The number of amides is 2. The molecule has 0 fully saturated rings. The van der Waals surface area contributed by atoms with Crippen molar-refractivity contribution < 1.29 is 14.3 Å². The largest absolute Gasteiger partial charge is 0.497 e. The van der Waals surface area contributed by atoms with Crippen LogP contribution >= 0.6 is 0 Å². The highest BCUT2D eigenvalue weighted by Gasteiger charge is 2.12. The van der Waals surface area contributed by atoms with E-state index in [4.69, 9.17) is 4.74 Å². The van der Waals surface area contributed by atoms with Crippen LogP contribution < -0.4 is 15.5 Å². The zero-order chi connectivity index (χ0) is 14.3. The minimum absolute atomic E-state index is 0.0937. The molecule has 6 heteroatoms. The molecule has 0 aliphatic heterocycles. The highest BCUT2D eigenvalue weighted by molar-refractivity contribution is 6.35. The molecule has 0 saturated carbocycles. The molecule has 0 radical (unpaired) electrons. The second-order valence-corrected chi connectivity index (χ2v) is 4.10. The zero-order valence-corrected chi connectivity index (χ0v) is 11.1. The first-order valence-corrected chi connectivity index (χ1v) is 5.81. The van der Waals surface area contributed by atoms with E-state index in [0.717, 1.165) is 11.3 Å². The van der Waals surface area contributed by atoms with Gasteiger partial charge in [0.05, 0.1) is 13.3 Å². The summed E-state index contributed by atoms with van der Waals surface area (Å²) in [7, 11) is 1.58. The summed E-state index contributed by atoms with van der Waals surface area (Å²) >= 11 is 0. The molecule has 2 N–H and O–H groups in total. The number of nitrogens with zero attached hydrogens (tertiary/aromatic N) is 1. The molecule has 6 nitrogen and oxygen atoms in total. The minimum atomic E-state index is -0.793. The Kier molecular flexibility index (Phi) is 5.53. The van der Waals surface area contributed by atoms with Crippen LogP contribution in [0, 0.1) is 0 Å². The Bertz CT molecular complexity index is 467. The van der Waals surface area contributed by atoms with Crippen molar-refractivity contribution in [1.29, 1.82) is 0 Å². The van der Waals surface area contributed by atoms with Crippen LogP contribution in [0.4, 0.5) is 0 Å². The van der Waals surface area contributed by atoms with Gasteiger partial charge in [0, 0.05) is 6.04 Å². The molecule has 0 heterocycles. The summed E-state index contributed by atoms with van der Waals surface area (Å²) < 4.78 is 5.01. The van der Waals surface area contributed by atoms with Gasteiger partial charge in [-0.2, -0.15) is 5.10 Å². The number of hydrogen-bond donors (Lipinski definition) is 2. The molecular weight excluding hydrogens is 246 g/mol. The maximum atomic E-state index is 11.3. The fourth-order valence-electron chi connectivity index (χ4n) is 1.23. The van der Waals surface area contributed by atoms with E-state index in [1.54, 1.807) is 45.2 Å². The number of methoxy groups -OCH3 is 1. The van der Waals surface area contributed by atoms with Crippen LogP contribution in [0.3, 0.4) is 0 Å². The summed E-state index contributed by atoms with van der Waals surface area (Å²) in [5.74, 6) is -0.766. The average molecular weight is 263 g/mol. The normalized spacial score (nSPS) is 10.5. The van der Waals surface area contributed by atoms with Gasteiger partial charge in [-0.1, -0.05) is 0 Å². The summed E-state index contributed by atoms with van der Waals surface area (Å²) in [6, 6.07) is 7.01. The van der Waals surface area contributed by atoms with Crippen molar-refractivity contribution >= 4 is 18.0 Å². The predicted octanol–water partition coefficient (Wildman–Crippen LogP) is 0.670. The third kappa shape index (κ3) is 5.20. The van der Waals surface area contributed by atoms with Crippen LogP contribution in [0.15, 0.2) is 29.4 Å². The third-order valence-electron chi connectivity index (χ3n) is 2.12. The van der Waals surface area contributed by atoms with Crippen LogP contribution in [-0.2, 0) is 9.59 Å². The quantitative estimate of drug-likeness (QED) is 0.476. The molecule has 0 saturated heterocycles. The van der Waals surface area contributed by atoms with Crippen molar-refractivity contribution in [3.63, 3.8) is 0 Å². The lowest BCUT2D eigenvalue weighted by Gasteiger charge is -2.06. The molecule has 0 atom stereocenters. The number of benzene rings is 1. The van der Waals surface area contributed by atoms with Gasteiger partial charge in [0.25, 0.3) is 0 Å². The van der Waals surface area contributed by atoms with Gasteiger partial charge in [0.2, 0.25) is 0 Å². The smallest absolute Gasteiger partial charge is 0.329 e. The molecule has 19 heavy (non-hydrogen) atoms. The van der Waals surface area contributed by atoms with Crippen LogP contribution in [-0.4, -0.2) is 31.2 Å². The van der Waals surface area contributed by atoms with Crippen molar-refractivity contribution in [2.45, 2.75) is 19.9 Å². The van der Waals surface area contributed by atoms with Gasteiger partial charge in [0.15, 0.2) is 0 Å². The highest BCUT2D eigenvalue weighted by Crippen LogP contribution is 2.09.